The van der Waals surface area contributed by atoms with Gasteiger partial charge >= 0.3 is 5.97 Å². The van der Waals surface area contributed by atoms with Gasteiger partial charge in [0.05, 0.1) is 18.2 Å². The Labute approximate surface area is 87.5 Å². The van der Waals surface area contributed by atoms with E-state index in [1.54, 1.807) is 0 Å². The summed E-state index contributed by atoms with van der Waals surface area (Å²) >= 11 is 5.33. The topological polar surface area (TPSA) is 50.2 Å². The molecule has 1 rings (SSSR count). The van der Waals surface area contributed by atoms with Crippen molar-refractivity contribution in [3.8, 4) is 0 Å². The highest BCUT2D eigenvalue weighted by molar-refractivity contribution is 6.30. The van der Waals surface area contributed by atoms with Crippen LogP contribution in [0.2, 0.25) is 5.15 Å². The smallest absolute Gasteiger partial charge is 0.307 e. The van der Waals surface area contributed by atoms with Crippen LogP contribution in [-0.4, -0.2) is 16.1 Å². The lowest BCUT2D eigenvalue weighted by Crippen LogP contribution is -2.08. The van der Waals surface area contributed by atoms with Gasteiger partial charge in [-0.25, -0.2) is 18.2 Å². The van der Waals surface area contributed by atoms with Gasteiger partial charge in [0, 0.05) is 5.56 Å². The predicted octanol–water partition coefficient (Wildman–Crippen LogP) is 2.44. The van der Waals surface area contributed by atoms with E-state index in [0.717, 1.165) is 0 Å². The lowest BCUT2D eigenvalue weighted by molar-refractivity contribution is -0.136. The summed E-state index contributed by atoms with van der Waals surface area (Å²) in [6.07, 6.45) is -3.30. The average molecular weight is 240 g/mol. The van der Waals surface area contributed by atoms with Crippen LogP contribution >= 0.6 is 11.6 Å². The molecule has 0 aliphatic rings. The number of aromatic nitrogens is 1. The van der Waals surface area contributed by atoms with E-state index in [1.165, 1.54) is 0 Å². The lowest BCUT2D eigenvalue weighted by Gasteiger charge is -2.08. The van der Waals surface area contributed by atoms with E-state index >= 15 is 0 Å². The average Bonchev–Trinajstić information content (AvgIpc) is 2.10. The van der Waals surface area contributed by atoms with Gasteiger partial charge in [-0.2, -0.15) is 0 Å². The second-order valence-electron chi connectivity index (χ2n) is 2.66. The maximum absolute atomic E-state index is 13.0. The van der Waals surface area contributed by atoms with Gasteiger partial charge in [0.15, 0.2) is 0 Å². The third-order valence-corrected chi connectivity index (χ3v) is 1.97. The predicted molar refractivity (Wildman–Crippen MR) is 45.5 cm³/mol. The van der Waals surface area contributed by atoms with E-state index in [4.69, 9.17) is 16.7 Å². The van der Waals surface area contributed by atoms with Crippen molar-refractivity contribution in [2.45, 2.75) is 12.8 Å². The van der Waals surface area contributed by atoms with Gasteiger partial charge in [0.25, 0.3) is 6.43 Å². The standard InChI is InChI=1S/C8H5ClF3NO2/c9-7-6(8(11)12)3(1-5(14)15)4(10)2-13-7/h2,8H,1H2,(H,14,15). The maximum Gasteiger partial charge on any atom is 0.307 e. The van der Waals surface area contributed by atoms with Crippen LogP contribution in [0, 0.1) is 5.82 Å². The van der Waals surface area contributed by atoms with Crippen LogP contribution in [0.4, 0.5) is 13.2 Å². The van der Waals surface area contributed by atoms with E-state index in [1.807, 2.05) is 0 Å². The van der Waals surface area contributed by atoms with E-state index in [2.05, 4.69) is 4.98 Å². The number of nitrogens with zero attached hydrogens (tertiary/aromatic N) is 1. The minimum atomic E-state index is -3.06. The van der Waals surface area contributed by atoms with Gasteiger partial charge in [-0.05, 0) is 0 Å². The third-order valence-electron chi connectivity index (χ3n) is 1.67. The van der Waals surface area contributed by atoms with Crippen molar-refractivity contribution in [1.29, 1.82) is 0 Å². The number of carbonyl (C=O) groups is 1. The minimum Gasteiger partial charge on any atom is -0.481 e. The molecule has 0 bridgehead atoms. The van der Waals surface area contributed by atoms with Gasteiger partial charge in [0.2, 0.25) is 0 Å². The minimum absolute atomic E-state index is 0.581. The summed E-state index contributed by atoms with van der Waals surface area (Å²) in [5.74, 6) is -2.52. The van der Waals surface area contributed by atoms with Crippen LogP contribution < -0.4 is 0 Å². The molecule has 1 aromatic rings. The van der Waals surface area contributed by atoms with Gasteiger partial charge in [-0.15, -0.1) is 0 Å². The van der Waals surface area contributed by atoms with Crippen LogP contribution in [0.25, 0.3) is 0 Å². The zero-order valence-corrected chi connectivity index (χ0v) is 7.93. The molecule has 1 heterocycles. The Morgan fingerprint density at radius 1 is 1.60 bits per heavy atom. The number of aliphatic carboxylic acids is 1. The Morgan fingerprint density at radius 3 is 2.67 bits per heavy atom. The number of halogens is 4. The molecule has 0 spiro atoms. The van der Waals surface area contributed by atoms with Crippen molar-refractivity contribution < 1.29 is 23.1 Å². The summed E-state index contributed by atoms with van der Waals surface area (Å²) in [7, 11) is 0. The highest BCUT2D eigenvalue weighted by Crippen LogP contribution is 2.30. The van der Waals surface area contributed by atoms with Gasteiger partial charge in [-0.1, -0.05) is 11.6 Å². The second-order valence-corrected chi connectivity index (χ2v) is 3.02. The van der Waals surface area contributed by atoms with E-state index in [9.17, 15) is 18.0 Å². The van der Waals surface area contributed by atoms with Crippen LogP contribution in [0.3, 0.4) is 0 Å². The summed E-state index contributed by atoms with van der Waals surface area (Å²) in [6, 6.07) is 0. The van der Waals surface area contributed by atoms with Gasteiger partial charge in [-0.3, -0.25) is 4.79 Å². The Hall–Kier alpha value is -1.30. The summed E-state index contributed by atoms with van der Waals surface area (Å²) in [5, 5.41) is 7.83. The largest absolute Gasteiger partial charge is 0.481 e. The van der Waals surface area contributed by atoms with Gasteiger partial charge < -0.3 is 5.11 Å². The Bertz CT molecular complexity index is 398. The van der Waals surface area contributed by atoms with E-state index in [-0.39, 0.29) is 0 Å². The molecule has 3 nitrogen and oxygen atoms in total. The molecule has 82 valence electrons. The van der Waals surface area contributed by atoms with Gasteiger partial charge in [0.1, 0.15) is 11.0 Å². The monoisotopic (exact) mass is 239 g/mol. The SMILES string of the molecule is O=C(O)Cc1c(F)cnc(Cl)c1C(F)F. The molecule has 0 atom stereocenters. The summed E-state index contributed by atoms with van der Waals surface area (Å²) in [6.45, 7) is 0. The molecule has 0 aliphatic carbocycles. The molecule has 0 aliphatic heterocycles. The molecular formula is C8H5ClF3NO2. The number of rotatable bonds is 3. The first-order valence-corrected chi connectivity index (χ1v) is 4.14. The van der Waals surface area contributed by atoms with E-state index < -0.39 is 40.9 Å². The number of carboxylic acid groups (broad SMARTS) is 1. The molecule has 0 saturated carbocycles. The molecule has 0 amide bonds. The fourth-order valence-electron chi connectivity index (χ4n) is 1.07. The molecule has 15 heavy (non-hydrogen) atoms. The molecular weight excluding hydrogens is 235 g/mol. The number of hydrogen-bond acceptors (Lipinski definition) is 2. The number of carboxylic acids is 1. The molecule has 0 aromatic carbocycles. The quantitative estimate of drug-likeness (QED) is 0.824. The van der Waals surface area contributed by atoms with Crippen molar-refractivity contribution in [3.05, 3.63) is 28.3 Å². The summed E-state index contributed by atoms with van der Waals surface area (Å²) < 4.78 is 37.9. The van der Waals surface area contributed by atoms with Crippen LogP contribution in [0.15, 0.2) is 6.20 Å². The molecule has 0 fully saturated rings. The first kappa shape index (κ1) is 11.8. The van der Waals surface area contributed by atoms with Crippen molar-refractivity contribution in [2.75, 3.05) is 0 Å². The fourth-order valence-corrected chi connectivity index (χ4v) is 1.31. The van der Waals surface area contributed by atoms with Crippen molar-refractivity contribution in [2.24, 2.45) is 0 Å². The molecule has 7 heteroatoms. The van der Waals surface area contributed by atoms with Crippen LogP contribution in [0.5, 0.6) is 0 Å². The molecule has 0 saturated heterocycles. The Morgan fingerprint density at radius 2 is 2.20 bits per heavy atom. The number of pyridine rings is 1. The second kappa shape index (κ2) is 4.48. The van der Waals surface area contributed by atoms with Crippen molar-refractivity contribution in [1.82, 2.24) is 4.98 Å². The summed E-state index contributed by atoms with van der Waals surface area (Å²) in [4.78, 5) is 13.5. The molecule has 1 N–H and O–H groups in total. The zero-order valence-electron chi connectivity index (χ0n) is 7.18. The highest BCUT2D eigenvalue weighted by atomic mass is 35.5. The van der Waals surface area contributed by atoms with Crippen molar-refractivity contribution >= 4 is 17.6 Å². The lowest BCUT2D eigenvalue weighted by atomic mass is 10.1. The summed E-state index contributed by atoms with van der Waals surface area (Å²) in [5.41, 5.74) is -1.49. The fraction of sp³-hybridized carbons (Fsp3) is 0.250. The molecule has 0 unspecified atom stereocenters. The van der Waals surface area contributed by atoms with Crippen LogP contribution in [0.1, 0.15) is 17.6 Å². The van der Waals surface area contributed by atoms with E-state index in [0.29, 0.717) is 6.20 Å². The number of alkyl halides is 2. The normalized spacial score (nSPS) is 10.7. The van der Waals surface area contributed by atoms with Crippen molar-refractivity contribution in [3.63, 3.8) is 0 Å². The highest BCUT2D eigenvalue weighted by Gasteiger charge is 2.23. The third kappa shape index (κ3) is 2.59. The first-order chi connectivity index (χ1) is 6.93. The Balaban J connectivity index is 3.31. The Kier molecular flexibility index (Phi) is 3.52. The number of hydrogen-bond donors (Lipinski definition) is 1. The first-order valence-electron chi connectivity index (χ1n) is 3.76. The molecule has 0 radical (unpaired) electrons. The molecule has 1 aromatic heterocycles. The zero-order chi connectivity index (χ0) is 11.6. The maximum atomic E-state index is 13.0. The van der Waals surface area contributed by atoms with Crippen LogP contribution in [-0.2, 0) is 11.2 Å².